The van der Waals surface area contributed by atoms with Gasteiger partial charge in [0.25, 0.3) is 0 Å². The number of hydrogen-bond donors (Lipinski definition) is 0. The van der Waals surface area contributed by atoms with Crippen LogP contribution in [-0.2, 0) is 0 Å². The monoisotopic (exact) mass is 293 g/mol. The zero-order chi connectivity index (χ0) is 14.2. The molecule has 0 saturated carbocycles. The molecule has 0 atom stereocenters. The summed E-state index contributed by atoms with van der Waals surface area (Å²) >= 11 is 1.38. The number of hydrogen-bond acceptors (Lipinski definition) is 6. The molecule has 21 heavy (non-hydrogen) atoms. The second-order valence-corrected chi connectivity index (χ2v) is 5.19. The van der Waals surface area contributed by atoms with Crippen LogP contribution in [0.15, 0.2) is 47.3 Å². The number of fused-ring (bicyclic) bond motifs is 1. The van der Waals surface area contributed by atoms with Gasteiger partial charge in [0.1, 0.15) is 11.8 Å². The highest BCUT2D eigenvalue weighted by molar-refractivity contribution is 7.19. The molecule has 0 aliphatic carbocycles. The molecule has 0 radical (unpaired) electrons. The van der Waals surface area contributed by atoms with E-state index >= 15 is 0 Å². The van der Waals surface area contributed by atoms with Crippen molar-refractivity contribution in [1.29, 1.82) is 5.26 Å². The van der Waals surface area contributed by atoms with Gasteiger partial charge in [-0.15, -0.1) is 5.10 Å². The van der Waals surface area contributed by atoms with E-state index in [-0.39, 0.29) is 0 Å². The van der Waals surface area contributed by atoms with E-state index in [1.54, 1.807) is 29.2 Å². The summed E-state index contributed by atoms with van der Waals surface area (Å²) in [4.78, 5) is 9.14. The Morgan fingerprint density at radius 2 is 2.10 bits per heavy atom. The maximum absolute atomic E-state index is 9.42. The molecule has 4 aromatic rings. The number of furan rings is 1. The maximum Gasteiger partial charge on any atom is 0.214 e. The SMILES string of the molecule is N#Cc1c(-c2ccncc2)nc2sc(-c3ccco3)nn12. The molecule has 0 unspecified atom stereocenters. The lowest BCUT2D eigenvalue weighted by Gasteiger charge is -1.95. The Kier molecular flexibility index (Phi) is 2.55. The van der Waals surface area contributed by atoms with Crippen LogP contribution in [0.2, 0.25) is 0 Å². The van der Waals surface area contributed by atoms with Crippen molar-refractivity contribution in [2.24, 2.45) is 0 Å². The van der Waals surface area contributed by atoms with Gasteiger partial charge in [-0.05, 0) is 24.3 Å². The van der Waals surface area contributed by atoms with Crippen molar-refractivity contribution >= 4 is 16.3 Å². The van der Waals surface area contributed by atoms with Crippen LogP contribution in [0.5, 0.6) is 0 Å². The average molecular weight is 293 g/mol. The van der Waals surface area contributed by atoms with Crippen LogP contribution in [0.4, 0.5) is 0 Å². The standard InChI is InChI=1S/C14H7N5OS/c15-8-10-12(9-3-5-16-6-4-9)17-14-19(10)18-13(21-14)11-2-1-7-20-11/h1-7H. The summed E-state index contributed by atoms with van der Waals surface area (Å²) in [6.45, 7) is 0. The highest BCUT2D eigenvalue weighted by Crippen LogP contribution is 2.30. The van der Waals surface area contributed by atoms with Crippen LogP contribution in [-0.4, -0.2) is 19.6 Å². The summed E-state index contributed by atoms with van der Waals surface area (Å²) in [5.41, 5.74) is 1.87. The first kappa shape index (κ1) is 11.8. The first-order valence-electron chi connectivity index (χ1n) is 6.11. The van der Waals surface area contributed by atoms with Gasteiger partial charge in [-0.3, -0.25) is 4.98 Å². The van der Waals surface area contributed by atoms with Crippen LogP contribution in [0.3, 0.4) is 0 Å². The van der Waals surface area contributed by atoms with Crippen LogP contribution >= 0.6 is 11.3 Å². The van der Waals surface area contributed by atoms with Crippen LogP contribution < -0.4 is 0 Å². The fourth-order valence-electron chi connectivity index (χ4n) is 2.06. The summed E-state index contributed by atoms with van der Waals surface area (Å²) < 4.78 is 6.88. The molecule has 4 rings (SSSR count). The summed E-state index contributed by atoms with van der Waals surface area (Å²) in [6, 6.07) is 9.44. The first-order valence-corrected chi connectivity index (χ1v) is 6.92. The zero-order valence-corrected chi connectivity index (χ0v) is 11.4. The molecule has 0 spiro atoms. The third-order valence-electron chi connectivity index (χ3n) is 3.00. The van der Waals surface area contributed by atoms with E-state index in [4.69, 9.17) is 4.42 Å². The molecule has 0 aromatic carbocycles. The number of pyridine rings is 1. The van der Waals surface area contributed by atoms with Crippen molar-refractivity contribution in [3.63, 3.8) is 0 Å². The van der Waals surface area contributed by atoms with Gasteiger partial charge in [-0.1, -0.05) is 11.3 Å². The number of rotatable bonds is 2. The lowest BCUT2D eigenvalue weighted by Crippen LogP contribution is -1.90. The molecule has 0 saturated heterocycles. The second-order valence-electron chi connectivity index (χ2n) is 4.24. The maximum atomic E-state index is 9.42. The molecule has 100 valence electrons. The molecule has 7 heteroatoms. The number of aromatic nitrogens is 4. The van der Waals surface area contributed by atoms with Crippen molar-refractivity contribution in [3.05, 3.63) is 48.6 Å². The van der Waals surface area contributed by atoms with E-state index < -0.39 is 0 Å². The van der Waals surface area contributed by atoms with Crippen LogP contribution in [0, 0.1) is 11.3 Å². The molecule has 0 aliphatic rings. The predicted molar refractivity (Wildman–Crippen MR) is 76.5 cm³/mol. The van der Waals surface area contributed by atoms with E-state index in [0.29, 0.717) is 27.1 Å². The first-order chi connectivity index (χ1) is 10.4. The fraction of sp³-hybridized carbons (Fsp3) is 0. The van der Waals surface area contributed by atoms with E-state index in [1.165, 1.54) is 11.3 Å². The molecule has 4 heterocycles. The summed E-state index contributed by atoms with van der Waals surface area (Å²) in [7, 11) is 0. The van der Waals surface area contributed by atoms with E-state index in [0.717, 1.165) is 5.56 Å². The van der Waals surface area contributed by atoms with Crippen LogP contribution in [0.25, 0.3) is 27.0 Å². The fourth-order valence-corrected chi connectivity index (χ4v) is 2.93. The summed E-state index contributed by atoms with van der Waals surface area (Å²) in [6.07, 6.45) is 4.93. The minimum atomic E-state index is 0.408. The minimum Gasteiger partial charge on any atom is -0.462 e. The Labute approximate surface area is 122 Å². The Hall–Kier alpha value is -2.98. The van der Waals surface area contributed by atoms with E-state index in [9.17, 15) is 5.26 Å². The number of imidazole rings is 1. The van der Waals surface area contributed by atoms with Crippen molar-refractivity contribution < 1.29 is 4.42 Å². The average Bonchev–Trinajstić information content (AvgIpc) is 3.22. The quantitative estimate of drug-likeness (QED) is 0.567. The predicted octanol–water partition coefficient (Wildman–Crippen LogP) is 2.98. The summed E-state index contributed by atoms with van der Waals surface area (Å²) in [5, 5.41) is 14.5. The topological polar surface area (TPSA) is 80.0 Å². The van der Waals surface area contributed by atoms with Gasteiger partial charge < -0.3 is 4.42 Å². The Morgan fingerprint density at radius 3 is 2.81 bits per heavy atom. The lowest BCUT2D eigenvalue weighted by atomic mass is 10.2. The summed E-state index contributed by atoms with van der Waals surface area (Å²) in [5.74, 6) is 0.667. The highest BCUT2D eigenvalue weighted by atomic mass is 32.1. The van der Waals surface area contributed by atoms with Crippen molar-refractivity contribution in [2.45, 2.75) is 0 Å². The van der Waals surface area contributed by atoms with Gasteiger partial charge in [0, 0.05) is 18.0 Å². The van der Waals surface area contributed by atoms with Gasteiger partial charge >= 0.3 is 0 Å². The van der Waals surface area contributed by atoms with Crippen molar-refractivity contribution in [1.82, 2.24) is 19.6 Å². The van der Waals surface area contributed by atoms with Gasteiger partial charge in [-0.2, -0.15) is 9.78 Å². The number of nitriles is 1. The zero-order valence-electron chi connectivity index (χ0n) is 10.6. The molecule has 6 nitrogen and oxygen atoms in total. The molecular formula is C14H7N5OS. The third-order valence-corrected chi connectivity index (χ3v) is 3.92. The van der Waals surface area contributed by atoms with Crippen molar-refractivity contribution in [3.8, 4) is 28.1 Å². The molecule has 4 aromatic heterocycles. The molecule has 0 aliphatic heterocycles. The second kappa shape index (κ2) is 4.54. The van der Waals surface area contributed by atoms with Crippen LogP contribution in [0.1, 0.15) is 5.69 Å². The molecule has 0 amide bonds. The minimum absolute atomic E-state index is 0.408. The third kappa shape index (κ3) is 1.81. The Balaban J connectivity index is 1.92. The molecular weight excluding hydrogens is 286 g/mol. The highest BCUT2D eigenvalue weighted by Gasteiger charge is 2.19. The Bertz CT molecular complexity index is 947. The Morgan fingerprint density at radius 1 is 1.24 bits per heavy atom. The van der Waals surface area contributed by atoms with E-state index in [1.807, 2.05) is 18.2 Å². The normalized spacial score (nSPS) is 10.8. The smallest absolute Gasteiger partial charge is 0.214 e. The number of nitrogens with zero attached hydrogens (tertiary/aromatic N) is 5. The largest absolute Gasteiger partial charge is 0.462 e. The molecule has 0 N–H and O–H groups in total. The van der Waals surface area contributed by atoms with Gasteiger partial charge in [-0.25, -0.2) is 4.98 Å². The molecule has 0 fully saturated rings. The van der Waals surface area contributed by atoms with E-state index in [2.05, 4.69) is 21.1 Å². The molecule has 0 bridgehead atoms. The lowest BCUT2D eigenvalue weighted by molar-refractivity contribution is 0.580. The van der Waals surface area contributed by atoms with Gasteiger partial charge in [0.15, 0.2) is 16.5 Å². The van der Waals surface area contributed by atoms with Gasteiger partial charge in [0.05, 0.1) is 6.26 Å². The van der Waals surface area contributed by atoms with Gasteiger partial charge in [0.2, 0.25) is 4.96 Å². The van der Waals surface area contributed by atoms with Crippen molar-refractivity contribution in [2.75, 3.05) is 0 Å².